The minimum atomic E-state index is -3.58. The number of nitrogens with zero attached hydrogens (tertiary/aromatic N) is 2. The summed E-state index contributed by atoms with van der Waals surface area (Å²) < 4.78 is 27.0. The molecule has 6 nitrogen and oxygen atoms in total. The lowest BCUT2D eigenvalue weighted by Gasteiger charge is -2.31. The minimum Gasteiger partial charge on any atom is -0.310 e. The van der Waals surface area contributed by atoms with Crippen LogP contribution in [-0.2, 0) is 20.6 Å². The van der Waals surface area contributed by atoms with Gasteiger partial charge in [-0.1, -0.05) is 35.3 Å². The maximum absolute atomic E-state index is 12.8. The fourth-order valence-corrected chi connectivity index (χ4v) is 5.10. The number of carbonyl (C=O) groups is 1. The predicted octanol–water partition coefficient (Wildman–Crippen LogP) is 3.88. The SMILES string of the molecule is Cc1cccc(NC(=O)C2CCCN(S(=O)(=O)Cc3ccc(Cl)c(Cl)c3)C2)n1. The van der Waals surface area contributed by atoms with Gasteiger partial charge in [0.25, 0.3) is 0 Å². The molecule has 1 amide bonds. The Kier molecular flexibility index (Phi) is 6.60. The van der Waals surface area contributed by atoms with Crippen LogP contribution in [-0.4, -0.2) is 36.7 Å². The van der Waals surface area contributed by atoms with Gasteiger partial charge in [0.15, 0.2) is 0 Å². The maximum atomic E-state index is 12.8. The average molecular weight is 442 g/mol. The largest absolute Gasteiger partial charge is 0.310 e. The van der Waals surface area contributed by atoms with E-state index in [0.29, 0.717) is 40.8 Å². The smallest absolute Gasteiger partial charge is 0.229 e. The monoisotopic (exact) mass is 441 g/mol. The van der Waals surface area contributed by atoms with Crippen LogP contribution in [0.15, 0.2) is 36.4 Å². The van der Waals surface area contributed by atoms with E-state index >= 15 is 0 Å². The number of rotatable bonds is 5. The first-order chi connectivity index (χ1) is 13.2. The lowest BCUT2D eigenvalue weighted by atomic mass is 9.99. The predicted molar refractivity (Wildman–Crippen MR) is 111 cm³/mol. The standard InChI is InChI=1S/C19H21Cl2N3O3S/c1-13-4-2-6-18(22-13)23-19(25)15-5-3-9-24(11-15)28(26,27)12-14-7-8-16(20)17(21)10-14/h2,4,6-8,10,15H,3,5,9,11-12H2,1H3,(H,22,23,25). The molecule has 1 aromatic heterocycles. The van der Waals surface area contributed by atoms with Crippen LogP contribution in [0.25, 0.3) is 0 Å². The van der Waals surface area contributed by atoms with Crippen LogP contribution < -0.4 is 5.32 Å². The summed E-state index contributed by atoms with van der Waals surface area (Å²) in [5.41, 5.74) is 1.36. The van der Waals surface area contributed by atoms with Crippen molar-refractivity contribution in [2.24, 2.45) is 5.92 Å². The minimum absolute atomic E-state index is 0.154. The van der Waals surface area contributed by atoms with Crippen molar-refractivity contribution in [3.05, 3.63) is 57.7 Å². The highest BCUT2D eigenvalue weighted by atomic mass is 35.5. The van der Waals surface area contributed by atoms with E-state index in [9.17, 15) is 13.2 Å². The Morgan fingerprint density at radius 3 is 2.75 bits per heavy atom. The van der Waals surface area contributed by atoms with Gasteiger partial charge in [-0.25, -0.2) is 17.7 Å². The number of carbonyl (C=O) groups excluding carboxylic acids is 1. The molecule has 0 radical (unpaired) electrons. The second-order valence-corrected chi connectivity index (χ2v) is 9.64. The Bertz CT molecular complexity index is 982. The number of nitrogens with one attached hydrogen (secondary N) is 1. The molecule has 150 valence electrons. The zero-order valence-electron chi connectivity index (χ0n) is 15.4. The topological polar surface area (TPSA) is 79.4 Å². The fraction of sp³-hybridized carbons (Fsp3) is 0.368. The second kappa shape index (κ2) is 8.78. The van der Waals surface area contributed by atoms with Crippen LogP contribution in [0.4, 0.5) is 5.82 Å². The van der Waals surface area contributed by atoms with Crippen molar-refractivity contribution in [2.75, 3.05) is 18.4 Å². The third-order valence-electron chi connectivity index (χ3n) is 4.62. The van der Waals surface area contributed by atoms with Crippen molar-refractivity contribution < 1.29 is 13.2 Å². The van der Waals surface area contributed by atoms with Crippen LogP contribution >= 0.6 is 23.2 Å². The molecule has 1 aromatic carbocycles. The second-order valence-electron chi connectivity index (χ2n) is 6.86. The summed E-state index contributed by atoms with van der Waals surface area (Å²) in [6, 6.07) is 10.1. The molecule has 1 unspecified atom stereocenters. The van der Waals surface area contributed by atoms with Crippen molar-refractivity contribution in [3.8, 4) is 0 Å². The summed E-state index contributed by atoms with van der Waals surface area (Å²) in [5, 5.41) is 3.48. The summed E-state index contributed by atoms with van der Waals surface area (Å²) >= 11 is 11.9. The van der Waals surface area contributed by atoms with Crippen molar-refractivity contribution in [1.82, 2.24) is 9.29 Å². The molecule has 28 heavy (non-hydrogen) atoms. The molecular weight excluding hydrogens is 421 g/mol. The number of aromatic nitrogens is 1. The molecule has 1 atom stereocenters. The Labute approximate surface area is 174 Å². The Morgan fingerprint density at radius 2 is 2.04 bits per heavy atom. The number of hydrogen-bond acceptors (Lipinski definition) is 4. The van der Waals surface area contributed by atoms with Crippen molar-refractivity contribution >= 4 is 45.0 Å². The van der Waals surface area contributed by atoms with Gasteiger partial charge in [0, 0.05) is 18.8 Å². The van der Waals surface area contributed by atoms with Gasteiger partial charge in [0.1, 0.15) is 5.82 Å². The fourth-order valence-electron chi connectivity index (χ4n) is 3.18. The summed E-state index contributed by atoms with van der Waals surface area (Å²) in [4.78, 5) is 16.8. The van der Waals surface area contributed by atoms with E-state index in [0.717, 1.165) is 5.69 Å². The van der Waals surface area contributed by atoms with Crippen molar-refractivity contribution in [2.45, 2.75) is 25.5 Å². The van der Waals surface area contributed by atoms with Crippen LogP contribution in [0.3, 0.4) is 0 Å². The molecule has 0 spiro atoms. The average Bonchev–Trinajstić information content (AvgIpc) is 2.65. The van der Waals surface area contributed by atoms with Crippen LogP contribution in [0.2, 0.25) is 10.0 Å². The van der Waals surface area contributed by atoms with Crippen molar-refractivity contribution in [1.29, 1.82) is 0 Å². The number of pyridine rings is 1. The molecule has 1 N–H and O–H groups in total. The third-order valence-corrected chi connectivity index (χ3v) is 7.18. The van der Waals surface area contributed by atoms with Gasteiger partial charge in [0.05, 0.1) is 21.7 Å². The molecule has 2 heterocycles. The number of anilines is 1. The van der Waals surface area contributed by atoms with E-state index in [4.69, 9.17) is 23.2 Å². The molecule has 0 saturated carbocycles. The highest BCUT2D eigenvalue weighted by Crippen LogP contribution is 2.26. The molecule has 0 bridgehead atoms. The van der Waals surface area contributed by atoms with E-state index in [1.807, 2.05) is 19.1 Å². The molecular formula is C19H21Cl2N3O3S. The molecule has 1 aliphatic rings. The Hall–Kier alpha value is -1.67. The zero-order valence-corrected chi connectivity index (χ0v) is 17.7. The van der Waals surface area contributed by atoms with Gasteiger partial charge in [-0.2, -0.15) is 0 Å². The summed E-state index contributed by atoms with van der Waals surface area (Å²) in [6.45, 7) is 2.39. The molecule has 3 rings (SSSR count). The molecule has 2 aromatic rings. The lowest BCUT2D eigenvalue weighted by Crippen LogP contribution is -2.44. The number of benzene rings is 1. The number of hydrogen-bond donors (Lipinski definition) is 1. The highest BCUT2D eigenvalue weighted by molar-refractivity contribution is 7.88. The summed E-state index contributed by atoms with van der Waals surface area (Å²) in [6.07, 6.45) is 1.26. The van der Waals surface area contributed by atoms with Crippen LogP contribution in [0.1, 0.15) is 24.1 Å². The molecule has 1 aliphatic heterocycles. The van der Waals surface area contributed by atoms with Gasteiger partial charge in [-0.15, -0.1) is 0 Å². The van der Waals surface area contributed by atoms with Crippen LogP contribution in [0.5, 0.6) is 0 Å². The van der Waals surface area contributed by atoms with E-state index < -0.39 is 15.9 Å². The first-order valence-electron chi connectivity index (χ1n) is 8.91. The highest BCUT2D eigenvalue weighted by Gasteiger charge is 2.32. The number of piperidine rings is 1. The maximum Gasteiger partial charge on any atom is 0.229 e. The molecule has 0 aliphatic carbocycles. The molecule has 9 heteroatoms. The first kappa shape index (κ1) is 21.0. The number of sulfonamides is 1. The molecule has 1 fully saturated rings. The van der Waals surface area contributed by atoms with Gasteiger partial charge < -0.3 is 5.32 Å². The molecule has 1 saturated heterocycles. The van der Waals surface area contributed by atoms with E-state index in [1.54, 1.807) is 24.3 Å². The van der Waals surface area contributed by atoms with Gasteiger partial charge in [0.2, 0.25) is 15.9 Å². The van der Waals surface area contributed by atoms with Gasteiger partial charge in [-0.3, -0.25) is 4.79 Å². The summed E-state index contributed by atoms with van der Waals surface area (Å²) in [7, 11) is -3.58. The van der Waals surface area contributed by atoms with E-state index in [-0.39, 0.29) is 18.2 Å². The van der Waals surface area contributed by atoms with Gasteiger partial charge in [-0.05, 0) is 49.6 Å². The Balaban J connectivity index is 1.67. The van der Waals surface area contributed by atoms with Gasteiger partial charge >= 0.3 is 0 Å². The number of halogens is 2. The number of aryl methyl sites for hydroxylation is 1. The van der Waals surface area contributed by atoms with Crippen molar-refractivity contribution in [3.63, 3.8) is 0 Å². The Morgan fingerprint density at radius 1 is 1.25 bits per heavy atom. The van der Waals surface area contributed by atoms with E-state index in [2.05, 4.69) is 10.3 Å². The summed E-state index contributed by atoms with van der Waals surface area (Å²) in [5.74, 6) is -0.342. The van der Waals surface area contributed by atoms with Crippen LogP contribution in [0, 0.1) is 12.8 Å². The zero-order chi connectivity index (χ0) is 20.3. The lowest BCUT2D eigenvalue weighted by molar-refractivity contribution is -0.120. The quantitative estimate of drug-likeness (QED) is 0.763. The number of amides is 1. The first-order valence-corrected chi connectivity index (χ1v) is 11.3. The normalized spacial score (nSPS) is 18.0. The third kappa shape index (κ3) is 5.23. The van der Waals surface area contributed by atoms with E-state index in [1.165, 1.54) is 4.31 Å².